The van der Waals surface area contributed by atoms with Crippen molar-refractivity contribution in [1.82, 2.24) is 4.90 Å². The van der Waals surface area contributed by atoms with Crippen molar-refractivity contribution < 1.29 is 9.59 Å². The predicted molar refractivity (Wildman–Crippen MR) is 91.5 cm³/mol. The molecule has 22 heavy (non-hydrogen) atoms. The van der Waals surface area contributed by atoms with E-state index in [1.165, 1.54) is 0 Å². The van der Waals surface area contributed by atoms with Crippen molar-refractivity contribution in [3.8, 4) is 0 Å². The molecule has 5 heteroatoms. The van der Waals surface area contributed by atoms with Gasteiger partial charge in [0, 0.05) is 17.6 Å². The number of amides is 2. The van der Waals surface area contributed by atoms with Gasteiger partial charge in [-0.15, -0.1) is 0 Å². The largest absolute Gasteiger partial charge is 0.342 e. The fourth-order valence-corrected chi connectivity index (χ4v) is 3.09. The first-order chi connectivity index (χ1) is 10.3. The second-order valence-corrected chi connectivity index (χ2v) is 7.41. The Hall–Kier alpha value is -1.36. The van der Waals surface area contributed by atoms with E-state index in [0.717, 1.165) is 30.4 Å². The van der Waals surface area contributed by atoms with Crippen LogP contribution in [0.3, 0.4) is 0 Å². The molecule has 1 aromatic carbocycles. The molecule has 1 unspecified atom stereocenters. The van der Waals surface area contributed by atoms with Gasteiger partial charge in [0.05, 0.1) is 5.69 Å². The number of anilines is 1. The van der Waals surface area contributed by atoms with E-state index in [1.807, 2.05) is 29.2 Å². The van der Waals surface area contributed by atoms with Crippen LogP contribution >= 0.6 is 15.9 Å². The van der Waals surface area contributed by atoms with Crippen LogP contribution in [0.1, 0.15) is 33.6 Å². The number of carbonyl (C=O) groups excluding carboxylic acids is 2. The fourth-order valence-electron chi connectivity index (χ4n) is 2.71. The molecule has 1 aliphatic heterocycles. The lowest BCUT2D eigenvalue weighted by Gasteiger charge is -2.36. The van der Waals surface area contributed by atoms with Crippen LogP contribution in [-0.2, 0) is 9.59 Å². The summed E-state index contributed by atoms with van der Waals surface area (Å²) in [7, 11) is 0. The topological polar surface area (TPSA) is 49.4 Å². The Kier molecular flexibility index (Phi) is 5.27. The molecular formula is C17H23BrN2O2. The Labute approximate surface area is 140 Å². The van der Waals surface area contributed by atoms with Crippen molar-refractivity contribution in [3.63, 3.8) is 0 Å². The third-order valence-corrected chi connectivity index (χ3v) is 4.86. The predicted octanol–water partition coefficient (Wildman–Crippen LogP) is 3.67. The third kappa shape index (κ3) is 3.69. The number of halogens is 1. The number of hydrogen-bond acceptors (Lipinski definition) is 2. The van der Waals surface area contributed by atoms with Gasteiger partial charge in [-0.25, -0.2) is 0 Å². The first kappa shape index (κ1) is 17.0. The van der Waals surface area contributed by atoms with E-state index in [2.05, 4.69) is 28.2 Å². The fraction of sp³-hybridized carbons (Fsp3) is 0.529. The minimum absolute atomic E-state index is 0.0939. The molecule has 1 heterocycles. The van der Waals surface area contributed by atoms with E-state index in [9.17, 15) is 9.59 Å². The second kappa shape index (κ2) is 6.82. The number of likely N-dealkylation sites (tertiary alicyclic amines) is 1. The summed E-state index contributed by atoms with van der Waals surface area (Å²) in [5, 5.41) is 2.85. The summed E-state index contributed by atoms with van der Waals surface area (Å²) in [6.07, 6.45) is 2.15. The van der Waals surface area contributed by atoms with Crippen molar-refractivity contribution in [2.24, 2.45) is 11.3 Å². The van der Waals surface area contributed by atoms with Crippen molar-refractivity contribution in [3.05, 3.63) is 28.7 Å². The average Bonchev–Trinajstić information content (AvgIpc) is 2.48. The summed E-state index contributed by atoms with van der Waals surface area (Å²) in [6.45, 7) is 7.02. The van der Waals surface area contributed by atoms with Gasteiger partial charge in [-0.05, 0) is 60.7 Å². The molecule has 1 atom stereocenters. The minimum Gasteiger partial charge on any atom is -0.342 e. The number of carbonyl (C=O) groups is 2. The molecule has 1 aromatic rings. The summed E-state index contributed by atoms with van der Waals surface area (Å²) >= 11 is 3.40. The maximum atomic E-state index is 12.7. The van der Waals surface area contributed by atoms with Gasteiger partial charge in [-0.3, -0.25) is 9.59 Å². The molecular weight excluding hydrogens is 344 g/mol. The van der Waals surface area contributed by atoms with Crippen molar-refractivity contribution >= 4 is 33.4 Å². The molecule has 1 N–H and O–H groups in total. The van der Waals surface area contributed by atoms with Crippen LogP contribution in [-0.4, -0.2) is 29.8 Å². The van der Waals surface area contributed by atoms with Crippen LogP contribution in [0.4, 0.5) is 5.69 Å². The van der Waals surface area contributed by atoms with Crippen molar-refractivity contribution in [2.75, 3.05) is 18.4 Å². The molecule has 0 aromatic heterocycles. The van der Waals surface area contributed by atoms with E-state index in [4.69, 9.17) is 0 Å². The van der Waals surface area contributed by atoms with Gasteiger partial charge in [-0.1, -0.05) is 19.1 Å². The lowest BCUT2D eigenvalue weighted by atomic mass is 9.88. The van der Waals surface area contributed by atoms with Gasteiger partial charge >= 0.3 is 0 Å². The molecule has 0 spiro atoms. The highest BCUT2D eigenvalue weighted by molar-refractivity contribution is 9.10. The van der Waals surface area contributed by atoms with Gasteiger partial charge in [0.25, 0.3) is 0 Å². The normalized spacial score (nSPS) is 18.9. The maximum Gasteiger partial charge on any atom is 0.239 e. The highest BCUT2D eigenvalue weighted by Crippen LogP contribution is 2.28. The Bertz CT molecular complexity index is 572. The Morgan fingerprint density at radius 3 is 2.64 bits per heavy atom. The second-order valence-electron chi connectivity index (χ2n) is 6.56. The quantitative estimate of drug-likeness (QED) is 0.829. The van der Waals surface area contributed by atoms with E-state index >= 15 is 0 Å². The summed E-state index contributed by atoms with van der Waals surface area (Å²) in [4.78, 5) is 27.1. The zero-order valence-electron chi connectivity index (χ0n) is 13.4. The Morgan fingerprint density at radius 2 is 2.00 bits per heavy atom. The average molecular weight is 367 g/mol. The number of nitrogens with one attached hydrogen (secondary N) is 1. The van der Waals surface area contributed by atoms with Crippen LogP contribution in [0.15, 0.2) is 28.7 Å². The van der Waals surface area contributed by atoms with Gasteiger partial charge in [-0.2, -0.15) is 0 Å². The van der Waals surface area contributed by atoms with E-state index < -0.39 is 5.41 Å². The number of piperidine rings is 1. The molecule has 2 amide bonds. The smallest absolute Gasteiger partial charge is 0.239 e. The summed E-state index contributed by atoms with van der Waals surface area (Å²) in [5.41, 5.74) is -0.396. The lowest BCUT2D eigenvalue weighted by Crippen LogP contribution is -2.50. The minimum atomic E-state index is -1.08. The summed E-state index contributed by atoms with van der Waals surface area (Å²) in [5.74, 6) is 0.131. The molecule has 1 fully saturated rings. The van der Waals surface area contributed by atoms with E-state index in [1.54, 1.807) is 13.8 Å². The van der Waals surface area contributed by atoms with Crippen LogP contribution in [0.5, 0.6) is 0 Å². The third-order valence-electron chi connectivity index (χ3n) is 4.17. The number of rotatable bonds is 3. The monoisotopic (exact) mass is 366 g/mol. The first-order valence-corrected chi connectivity index (χ1v) is 8.47. The Balaban J connectivity index is 2.09. The maximum absolute atomic E-state index is 12.7. The van der Waals surface area contributed by atoms with Crippen LogP contribution in [0.25, 0.3) is 0 Å². The Morgan fingerprint density at radius 1 is 1.32 bits per heavy atom. The molecule has 0 saturated carbocycles. The number of hydrogen-bond donors (Lipinski definition) is 1. The molecule has 1 saturated heterocycles. The van der Waals surface area contributed by atoms with E-state index in [-0.39, 0.29) is 11.8 Å². The van der Waals surface area contributed by atoms with E-state index in [0.29, 0.717) is 11.6 Å². The zero-order valence-corrected chi connectivity index (χ0v) is 14.9. The van der Waals surface area contributed by atoms with Crippen molar-refractivity contribution in [1.29, 1.82) is 0 Å². The SMILES string of the molecule is CC1CCCN(C(=O)C(C)(C)C(=O)Nc2ccccc2Br)C1. The first-order valence-electron chi connectivity index (χ1n) is 7.67. The van der Waals surface area contributed by atoms with Gasteiger partial charge in [0.1, 0.15) is 5.41 Å². The highest BCUT2D eigenvalue weighted by Gasteiger charge is 2.40. The highest BCUT2D eigenvalue weighted by atomic mass is 79.9. The standard InChI is InChI=1S/C17H23BrN2O2/c1-12-7-6-10-20(11-12)16(22)17(2,3)15(21)19-14-9-5-4-8-13(14)18/h4-5,8-9,12H,6-7,10-11H2,1-3H3,(H,19,21). The number of benzene rings is 1. The van der Waals surface area contributed by atoms with Crippen molar-refractivity contribution in [2.45, 2.75) is 33.6 Å². The molecule has 1 aliphatic rings. The van der Waals surface area contributed by atoms with Crippen LogP contribution in [0.2, 0.25) is 0 Å². The zero-order chi connectivity index (χ0) is 16.3. The summed E-state index contributed by atoms with van der Waals surface area (Å²) < 4.78 is 0.804. The van der Waals surface area contributed by atoms with Gasteiger partial charge < -0.3 is 10.2 Å². The van der Waals surface area contributed by atoms with Gasteiger partial charge in [0.2, 0.25) is 11.8 Å². The number of nitrogens with zero attached hydrogens (tertiary/aromatic N) is 1. The molecule has 0 bridgehead atoms. The number of para-hydroxylation sites is 1. The molecule has 120 valence electrons. The van der Waals surface area contributed by atoms with Gasteiger partial charge in [0.15, 0.2) is 0 Å². The molecule has 0 aliphatic carbocycles. The lowest BCUT2D eigenvalue weighted by molar-refractivity contribution is -0.147. The van der Waals surface area contributed by atoms with Crippen LogP contribution < -0.4 is 5.32 Å². The molecule has 0 radical (unpaired) electrons. The van der Waals surface area contributed by atoms with Crippen LogP contribution in [0, 0.1) is 11.3 Å². The summed E-state index contributed by atoms with van der Waals surface area (Å²) in [6, 6.07) is 7.40. The molecule has 2 rings (SSSR count). The molecule has 4 nitrogen and oxygen atoms in total.